The number of carbonyl (C=O) groups excluding carboxylic acids is 1. The van der Waals surface area contributed by atoms with Crippen LogP contribution in [-0.4, -0.2) is 41.6 Å². The van der Waals surface area contributed by atoms with Crippen LogP contribution in [0.3, 0.4) is 0 Å². The molecule has 23 heavy (non-hydrogen) atoms. The molecule has 2 aromatic heterocycles. The van der Waals surface area contributed by atoms with E-state index >= 15 is 0 Å². The molecule has 0 bridgehead atoms. The number of pyridine rings is 1. The molecule has 1 saturated heterocycles. The molecule has 1 aliphatic heterocycles. The van der Waals surface area contributed by atoms with E-state index in [-0.39, 0.29) is 12.2 Å². The average molecular weight is 331 g/mol. The summed E-state index contributed by atoms with van der Waals surface area (Å²) >= 11 is 1.63. The molecule has 1 aliphatic rings. The van der Waals surface area contributed by atoms with Crippen molar-refractivity contribution in [1.82, 2.24) is 9.97 Å². The molecule has 0 N–H and O–H groups in total. The lowest BCUT2D eigenvalue weighted by molar-refractivity contribution is -0.00549. The van der Waals surface area contributed by atoms with Crippen LogP contribution in [0.1, 0.15) is 34.9 Å². The van der Waals surface area contributed by atoms with Gasteiger partial charge in [-0.2, -0.15) is 0 Å². The van der Waals surface area contributed by atoms with E-state index < -0.39 is 0 Å². The van der Waals surface area contributed by atoms with Crippen LogP contribution in [0.2, 0.25) is 0 Å². The van der Waals surface area contributed by atoms with Crippen LogP contribution in [-0.2, 0) is 4.74 Å². The third-order valence-electron chi connectivity index (χ3n) is 3.91. The summed E-state index contributed by atoms with van der Waals surface area (Å²) in [5, 5.41) is 1.02. The highest BCUT2D eigenvalue weighted by molar-refractivity contribution is 7.15. The molecule has 0 spiro atoms. The summed E-state index contributed by atoms with van der Waals surface area (Å²) in [5.41, 5.74) is 2.55. The third kappa shape index (κ3) is 3.28. The summed E-state index contributed by atoms with van der Waals surface area (Å²) in [6, 6.07) is 1.92. The summed E-state index contributed by atoms with van der Waals surface area (Å²) in [6.07, 6.45) is 2.99. The third-order valence-corrected chi connectivity index (χ3v) is 5.03. The summed E-state index contributed by atoms with van der Waals surface area (Å²) in [4.78, 5) is 23.8. The molecule has 0 aromatic carbocycles. The number of aromatic nitrogens is 2. The molecule has 0 aliphatic carbocycles. The number of morpholine rings is 1. The van der Waals surface area contributed by atoms with Gasteiger partial charge in [0, 0.05) is 24.8 Å². The minimum atomic E-state index is 0.131. The van der Waals surface area contributed by atoms with Crippen LogP contribution in [0.5, 0.6) is 0 Å². The largest absolute Gasteiger partial charge is 0.372 e. The van der Waals surface area contributed by atoms with E-state index in [1.165, 1.54) is 0 Å². The number of anilines is 1. The zero-order chi connectivity index (χ0) is 16.6. The van der Waals surface area contributed by atoms with Crippen molar-refractivity contribution in [3.8, 4) is 10.4 Å². The Bertz CT molecular complexity index is 719. The Hall–Kier alpha value is -1.79. The zero-order valence-corrected chi connectivity index (χ0v) is 14.7. The van der Waals surface area contributed by atoms with Gasteiger partial charge < -0.3 is 9.64 Å². The Kier molecular flexibility index (Phi) is 4.46. The van der Waals surface area contributed by atoms with Crippen molar-refractivity contribution in [2.75, 3.05) is 18.0 Å². The molecule has 2 atom stereocenters. The Morgan fingerprint density at radius 2 is 2.00 bits per heavy atom. The fraction of sp³-hybridized carbons (Fsp3) is 0.471. The van der Waals surface area contributed by atoms with E-state index in [1.807, 2.05) is 40.0 Å². The van der Waals surface area contributed by atoms with E-state index in [4.69, 9.17) is 4.74 Å². The van der Waals surface area contributed by atoms with E-state index in [1.54, 1.807) is 11.3 Å². The van der Waals surface area contributed by atoms with Gasteiger partial charge in [0.1, 0.15) is 5.82 Å². The average Bonchev–Trinajstić information content (AvgIpc) is 2.84. The van der Waals surface area contributed by atoms with Crippen LogP contribution in [0.15, 0.2) is 12.3 Å². The zero-order valence-electron chi connectivity index (χ0n) is 13.9. The number of rotatable bonds is 3. The number of aldehydes is 1. The van der Waals surface area contributed by atoms with Gasteiger partial charge in [-0.25, -0.2) is 9.97 Å². The summed E-state index contributed by atoms with van der Waals surface area (Å²) in [6.45, 7) is 9.55. The van der Waals surface area contributed by atoms with E-state index in [9.17, 15) is 4.79 Å². The second-order valence-corrected chi connectivity index (χ2v) is 7.27. The number of carbonyl (C=O) groups is 1. The SMILES string of the molecule is Cc1nc(C)c(-c2cnc(N3CC(C)OC(C)C3)c(C=O)c2)s1. The summed E-state index contributed by atoms with van der Waals surface area (Å²) in [7, 11) is 0. The molecule has 3 heterocycles. The molecule has 0 saturated carbocycles. The molecule has 0 amide bonds. The van der Waals surface area contributed by atoms with Crippen molar-refractivity contribution < 1.29 is 9.53 Å². The molecule has 5 nitrogen and oxygen atoms in total. The number of thiazole rings is 1. The highest BCUT2D eigenvalue weighted by Gasteiger charge is 2.25. The first kappa shape index (κ1) is 16.1. The van der Waals surface area contributed by atoms with Gasteiger partial charge in [-0.15, -0.1) is 11.3 Å². The number of hydrogen-bond donors (Lipinski definition) is 0. The number of hydrogen-bond acceptors (Lipinski definition) is 6. The molecule has 6 heteroatoms. The smallest absolute Gasteiger partial charge is 0.153 e. The first-order chi connectivity index (χ1) is 11.0. The van der Waals surface area contributed by atoms with Crippen molar-refractivity contribution in [3.63, 3.8) is 0 Å². The Morgan fingerprint density at radius 1 is 1.30 bits per heavy atom. The first-order valence-electron chi connectivity index (χ1n) is 7.78. The van der Waals surface area contributed by atoms with Gasteiger partial charge in [0.15, 0.2) is 6.29 Å². The number of ether oxygens (including phenoxy) is 1. The molecule has 0 radical (unpaired) electrons. The Morgan fingerprint density at radius 3 is 2.57 bits per heavy atom. The monoisotopic (exact) mass is 331 g/mol. The fourth-order valence-electron chi connectivity index (χ4n) is 3.10. The van der Waals surface area contributed by atoms with Gasteiger partial charge in [0.05, 0.1) is 33.4 Å². The lowest BCUT2D eigenvalue weighted by Gasteiger charge is -2.36. The van der Waals surface area contributed by atoms with Gasteiger partial charge in [-0.3, -0.25) is 4.79 Å². The van der Waals surface area contributed by atoms with Crippen LogP contribution in [0, 0.1) is 13.8 Å². The fourth-order valence-corrected chi connectivity index (χ4v) is 4.00. The summed E-state index contributed by atoms with van der Waals surface area (Å²) in [5.74, 6) is 0.740. The predicted octanol–water partition coefficient (Wildman–Crippen LogP) is 3.25. The topological polar surface area (TPSA) is 55.3 Å². The van der Waals surface area contributed by atoms with Crippen molar-refractivity contribution in [2.24, 2.45) is 0 Å². The van der Waals surface area contributed by atoms with Gasteiger partial charge in [0.2, 0.25) is 0 Å². The van der Waals surface area contributed by atoms with Crippen molar-refractivity contribution >= 4 is 23.4 Å². The quantitative estimate of drug-likeness (QED) is 0.808. The lowest BCUT2D eigenvalue weighted by Crippen LogP contribution is -2.46. The standard InChI is InChI=1S/C17H21N3O2S/c1-10-7-20(8-11(2)22-10)17-15(9-21)5-14(6-18-17)16-12(3)19-13(4)23-16/h5-6,9-11H,7-8H2,1-4H3. The molecular formula is C17H21N3O2S. The second kappa shape index (κ2) is 6.37. The summed E-state index contributed by atoms with van der Waals surface area (Å²) < 4.78 is 5.76. The van der Waals surface area contributed by atoms with Crippen LogP contribution < -0.4 is 4.90 Å². The maximum absolute atomic E-state index is 11.6. The van der Waals surface area contributed by atoms with Crippen LogP contribution in [0.25, 0.3) is 10.4 Å². The van der Waals surface area contributed by atoms with Crippen molar-refractivity contribution in [3.05, 3.63) is 28.5 Å². The molecule has 2 unspecified atom stereocenters. The van der Waals surface area contributed by atoms with E-state index in [0.717, 1.165) is 46.3 Å². The Labute approximate surface area is 140 Å². The minimum absolute atomic E-state index is 0.131. The van der Waals surface area contributed by atoms with E-state index in [2.05, 4.69) is 14.9 Å². The highest BCUT2D eigenvalue weighted by Crippen LogP contribution is 2.32. The highest BCUT2D eigenvalue weighted by atomic mass is 32.1. The lowest BCUT2D eigenvalue weighted by atomic mass is 10.1. The Balaban J connectivity index is 1.97. The number of nitrogens with zero attached hydrogens (tertiary/aromatic N) is 3. The maximum Gasteiger partial charge on any atom is 0.153 e. The molecular weight excluding hydrogens is 310 g/mol. The van der Waals surface area contributed by atoms with Gasteiger partial charge in [-0.05, 0) is 33.8 Å². The molecule has 1 fully saturated rings. The van der Waals surface area contributed by atoms with Crippen molar-refractivity contribution in [1.29, 1.82) is 0 Å². The van der Waals surface area contributed by atoms with Crippen LogP contribution >= 0.6 is 11.3 Å². The normalized spacial score (nSPS) is 21.5. The van der Waals surface area contributed by atoms with Crippen molar-refractivity contribution in [2.45, 2.75) is 39.9 Å². The van der Waals surface area contributed by atoms with Gasteiger partial charge >= 0.3 is 0 Å². The minimum Gasteiger partial charge on any atom is -0.372 e. The van der Waals surface area contributed by atoms with Gasteiger partial charge in [0.25, 0.3) is 0 Å². The molecule has 122 valence electrons. The number of aryl methyl sites for hydroxylation is 2. The van der Waals surface area contributed by atoms with E-state index in [0.29, 0.717) is 5.56 Å². The molecule has 2 aromatic rings. The first-order valence-corrected chi connectivity index (χ1v) is 8.59. The van der Waals surface area contributed by atoms with Gasteiger partial charge in [-0.1, -0.05) is 0 Å². The second-order valence-electron chi connectivity index (χ2n) is 6.06. The maximum atomic E-state index is 11.6. The van der Waals surface area contributed by atoms with Crippen LogP contribution in [0.4, 0.5) is 5.82 Å². The predicted molar refractivity (Wildman–Crippen MR) is 92.4 cm³/mol. The molecule has 3 rings (SSSR count).